The third-order valence-electron chi connectivity index (χ3n) is 17.9. The van der Waals surface area contributed by atoms with Gasteiger partial charge in [-0.05, 0) is 69.3 Å². The Morgan fingerprint density at radius 1 is 0.548 bits per heavy atom. The predicted molar refractivity (Wildman–Crippen MR) is 400 cm³/mol. The number of para-hydroxylation sites is 2. The molecule has 2 heterocycles. The fraction of sp³-hybridized carbons (Fsp3) is 0.528. The van der Waals surface area contributed by atoms with Gasteiger partial charge in [-0.2, -0.15) is 0 Å². The quantitative estimate of drug-likeness (QED) is 0.0113. The van der Waals surface area contributed by atoms with Crippen LogP contribution in [-0.2, 0) is 102 Å². The Hall–Kier alpha value is -12.7. The molecule has 0 saturated carbocycles. The van der Waals surface area contributed by atoms with Gasteiger partial charge in [0.2, 0.25) is 82.7 Å². The summed E-state index contributed by atoms with van der Waals surface area (Å²) in [5.74, 6) is -29.7. The van der Waals surface area contributed by atoms with Crippen LogP contribution in [0.5, 0.6) is 0 Å². The molecule has 0 spiro atoms. The summed E-state index contributed by atoms with van der Waals surface area (Å²) >= 11 is 0. The van der Waals surface area contributed by atoms with Crippen LogP contribution in [0.25, 0.3) is 10.9 Å². The van der Waals surface area contributed by atoms with E-state index in [-0.39, 0.29) is 37.1 Å². The topological polar surface area (TPSA) is 702 Å². The lowest BCUT2D eigenvalue weighted by molar-refractivity contribution is -0.156. The number of cyclic esters (lactones) is 1. The number of amides is 14. The summed E-state index contributed by atoms with van der Waals surface area (Å²) in [5, 5.41) is 78.7. The van der Waals surface area contributed by atoms with Crippen LogP contribution in [0, 0.1) is 5.92 Å². The van der Waals surface area contributed by atoms with E-state index in [0.717, 1.165) is 52.9 Å². The van der Waals surface area contributed by atoms with E-state index in [1.807, 2.05) is 16.0 Å². The van der Waals surface area contributed by atoms with Gasteiger partial charge in [0, 0.05) is 47.6 Å². The summed E-state index contributed by atoms with van der Waals surface area (Å²) in [5.41, 5.74) is 18.1. The summed E-state index contributed by atoms with van der Waals surface area (Å²) in [6.07, 6.45) is -2.33. The van der Waals surface area contributed by atoms with E-state index in [2.05, 4.69) is 65.1 Å². The zero-order chi connectivity index (χ0) is 85.8. The summed E-state index contributed by atoms with van der Waals surface area (Å²) in [6.45, 7) is 1.11. The van der Waals surface area contributed by atoms with Crippen molar-refractivity contribution >= 4 is 135 Å². The molecule has 0 unspecified atom stereocenters. The Morgan fingerprint density at radius 2 is 1.09 bits per heavy atom. The molecule has 14 amide bonds. The van der Waals surface area contributed by atoms with Gasteiger partial charge in [0.15, 0.2) is 5.78 Å². The first-order valence-electron chi connectivity index (χ1n) is 36.8. The van der Waals surface area contributed by atoms with Crippen LogP contribution < -0.4 is 86.3 Å². The number of fused-ring (bicyclic) bond motifs is 1. The molecule has 1 aliphatic rings. The first-order chi connectivity index (χ1) is 54.4. The molecule has 4 rings (SSSR count). The maximum absolute atomic E-state index is 14.8. The van der Waals surface area contributed by atoms with Crippen molar-refractivity contribution in [2.75, 3.05) is 32.0 Å². The molecule has 2 aromatic carbocycles. The van der Waals surface area contributed by atoms with Gasteiger partial charge in [0.25, 0.3) is 0 Å². The second-order valence-electron chi connectivity index (χ2n) is 27.2. The van der Waals surface area contributed by atoms with Crippen molar-refractivity contribution in [3.8, 4) is 0 Å². The number of hydrogen-bond donors (Lipinski definition) is 22. The molecule has 630 valence electrons. The summed E-state index contributed by atoms with van der Waals surface area (Å²) < 4.78 is 5.68. The van der Waals surface area contributed by atoms with Crippen molar-refractivity contribution in [3.05, 3.63) is 65.9 Å². The van der Waals surface area contributed by atoms with E-state index >= 15 is 0 Å². The molecule has 43 heteroatoms. The van der Waals surface area contributed by atoms with Crippen LogP contribution in [0.4, 0.5) is 5.69 Å². The van der Waals surface area contributed by atoms with Crippen LogP contribution in [0.1, 0.15) is 146 Å². The van der Waals surface area contributed by atoms with Gasteiger partial charge in [-0.1, -0.05) is 82.7 Å². The molecule has 1 fully saturated rings. The number of carboxylic acids is 4. The van der Waals surface area contributed by atoms with Crippen LogP contribution in [0.15, 0.2) is 54.7 Å². The van der Waals surface area contributed by atoms with Crippen molar-refractivity contribution in [2.24, 2.45) is 17.4 Å². The number of aromatic amines is 1. The van der Waals surface area contributed by atoms with Crippen LogP contribution >= 0.6 is 0 Å². The minimum Gasteiger partial charge on any atom is -0.481 e. The third-order valence-corrected chi connectivity index (χ3v) is 17.9. The first-order valence-corrected chi connectivity index (χ1v) is 36.8. The number of H-pyrrole nitrogens is 1. The Kier molecular flexibility index (Phi) is 39.2. The van der Waals surface area contributed by atoms with Crippen LogP contribution in [0.3, 0.4) is 0 Å². The van der Waals surface area contributed by atoms with E-state index in [4.69, 9.17) is 21.9 Å². The molecule has 0 radical (unpaired) electrons. The number of carbonyl (C=O) groups excluding carboxylic acids is 16. The molecule has 25 N–H and O–H groups in total. The first kappa shape index (κ1) is 94.7. The van der Waals surface area contributed by atoms with Crippen LogP contribution in [-0.4, -0.2) is 248 Å². The standard InChI is InChI=1S/C72H101N17O26/c1-5-6-7-8-9-10-11-22-53(93)81-44(25-38-31-76-42-20-15-13-17-39(38)42)66(108)84-45(27-52(75)92)67(109)86-48(30-59(102)103)68(110)89-61-37(4)115-72(114)49(26-51(91)40-18-12-14-19-41(40)74)87-71(113)60(35(2)24-56(96)97)88-69(111)50(34-90)82-55(95)32-77-63(105)46(28-57(98)99)83-62(104)36(3)79-65(107)47(29-58(100)101)85-64(106)43(21-16-23-73)80-54(94)33-78-70(61)112/h12-15,17-20,31,35-37,43-50,60-61,76,90H,5-11,16,21-30,32-34,73-74H2,1-4H3,(H2,75,92)(H,77,105)(H,78,112)(H,79,107)(H,80,94)(H,81,93)(H,82,95)(H,83,104)(H,84,108)(H,85,106)(H,86,109)(H,87,113)(H,88,111)(H,89,110)(H,96,97)(H,98,99)(H,100,101)(H,102,103)/t35-,36+,37+,43-,44-,45+,46-,47-,48-,49-,50+,60-,61-/m0/s1. The van der Waals surface area contributed by atoms with Gasteiger partial charge in [-0.15, -0.1) is 0 Å². The normalized spacial score (nSPS) is 21.2. The van der Waals surface area contributed by atoms with E-state index in [9.17, 15) is 121 Å². The Balaban J connectivity index is 1.87. The van der Waals surface area contributed by atoms with Crippen molar-refractivity contribution in [3.63, 3.8) is 0 Å². The SMILES string of the molecule is CCCCCCCCCC(=O)N[C@@H](Cc1c[nH]c2ccccc12)C(=O)N[C@H](CC(N)=O)C(=O)N[C@@H](CC(=O)O)C(=O)N[C@@H]1C(=O)NCC(=O)N[C@@H](CCCN)C(=O)N[C@@H](CC(=O)O)C(=O)N[C@H](C)C(=O)N[C@@H](CC(=O)O)C(=O)NCC(=O)N[C@H](CO)C(=O)N[C@@H]([C@@H](C)CC(=O)O)C(=O)N[C@@H](CC(=O)c2ccccc2N)C(=O)O[C@@H]1C. The number of aromatic nitrogens is 1. The molecule has 115 heavy (non-hydrogen) atoms. The number of ether oxygens (including phenoxy) is 1. The maximum atomic E-state index is 14.8. The summed E-state index contributed by atoms with van der Waals surface area (Å²) in [6, 6.07) is -10.5. The van der Waals surface area contributed by atoms with Gasteiger partial charge in [0.05, 0.1) is 51.8 Å². The number of ketones is 1. The van der Waals surface area contributed by atoms with Gasteiger partial charge in [-0.3, -0.25) is 91.1 Å². The lowest BCUT2D eigenvalue weighted by atomic mass is 9.96. The van der Waals surface area contributed by atoms with Crippen molar-refractivity contribution in [1.82, 2.24) is 74.1 Å². The highest BCUT2D eigenvalue weighted by atomic mass is 16.5. The molecule has 1 saturated heterocycles. The molecule has 1 aliphatic heterocycles. The smallest absolute Gasteiger partial charge is 0.329 e. The number of aliphatic hydroxyl groups is 1. The number of anilines is 1. The number of primary amides is 1. The van der Waals surface area contributed by atoms with Gasteiger partial charge >= 0.3 is 29.8 Å². The Bertz CT molecular complexity index is 4040. The molecular formula is C72H101N17O26. The number of nitrogen functional groups attached to an aromatic ring is 1. The number of aliphatic carboxylic acids is 4. The molecule has 43 nitrogen and oxygen atoms in total. The van der Waals surface area contributed by atoms with E-state index in [0.29, 0.717) is 29.3 Å². The maximum Gasteiger partial charge on any atom is 0.329 e. The van der Waals surface area contributed by atoms with E-state index < -0.39 is 261 Å². The highest BCUT2D eigenvalue weighted by Gasteiger charge is 2.41. The minimum absolute atomic E-state index is 0.0186. The van der Waals surface area contributed by atoms with Gasteiger partial charge < -0.3 is 122 Å². The number of esters is 1. The summed E-state index contributed by atoms with van der Waals surface area (Å²) in [4.78, 5) is 276. The summed E-state index contributed by atoms with van der Waals surface area (Å²) in [7, 11) is 0. The zero-order valence-electron chi connectivity index (χ0n) is 63.6. The second-order valence-corrected chi connectivity index (χ2v) is 27.2. The molecule has 0 bridgehead atoms. The number of unbranched alkanes of at least 4 members (excludes halogenated alkanes) is 6. The number of carbonyl (C=O) groups is 20. The van der Waals surface area contributed by atoms with Crippen molar-refractivity contribution < 1.29 is 126 Å². The highest BCUT2D eigenvalue weighted by molar-refractivity contribution is 6.05. The highest BCUT2D eigenvalue weighted by Crippen LogP contribution is 2.22. The van der Waals surface area contributed by atoms with Crippen LogP contribution in [0.2, 0.25) is 0 Å². The fourth-order valence-electron chi connectivity index (χ4n) is 11.7. The van der Waals surface area contributed by atoms with Gasteiger partial charge in [-0.25, -0.2) is 4.79 Å². The number of benzene rings is 2. The molecule has 3 aromatic rings. The molecule has 1 aromatic heterocycles. The van der Waals surface area contributed by atoms with Crippen molar-refractivity contribution in [2.45, 2.75) is 209 Å². The molecule has 13 atom stereocenters. The average Bonchev–Trinajstić information content (AvgIpc) is 1.72. The number of aliphatic hydroxyl groups excluding tert-OH is 1. The fourth-order valence-corrected chi connectivity index (χ4v) is 11.7. The number of nitrogens with two attached hydrogens (primary N) is 3. The number of rotatable bonds is 35. The lowest BCUT2D eigenvalue weighted by Crippen LogP contribution is -2.62. The average molecular weight is 1620 g/mol. The van der Waals surface area contributed by atoms with Gasteiger partial charge in [0.1, 0.15) is 72.6 Å². The monoisotopic (exact) mass is 1620 g/mol. The second kappa shape index (κ2) is 47.6. The number of hydrogen-bond acceptors (Lipinski definition) is 24. The van der Waals surface area contributed by atoms with E-state index in [1.165, 1.54) is 24.3 Å². The Morgan fingerprint density at radius 3 is 1.69 bits per heavy atom. The molecular weight excluding hydrogens is 1520 g/mol. The van der Waals surface area contributed by atoms with E-state index in [1.54, 1.807) is 30.5 Å². The predicted octanol–water partition coefficient (Wildman–Crippen LogP) is -5.62. The minimum atomic E-state index is -2.45. The molecule has 0 aliphatic carbocycles. The number of Topliss-reactive ketones (excluding diaryl/α,β-unsaturated/α-hetero) is 1. The Labute approximate surface area is 657 Å². The number of nitrogens with one attached hydrogen (secondary N) is 14. The number of carboxylic acid groups (broad SMARTS) is 4. The third kappa shape index (κ3) is 32.5. The zero-order valence-corrected chi connectivity index (χ0v) is 63.6. The largest absolute Gasteiger partial charge is 0.481 e. The lowest BCUT2D eigenvalue weighted by Gasteiger charge is -2.30. The van der Waals surface area contributed by atoms with Crippen molar-refractivity contribution in [1.29, 1.82) is 0 Å².